The fourth-order valence-corrected chi connectivity index (χ4v) is 2.20. The molecule has 1 aromatic rings. The minimum atomic E-state index is -4.33. The molecule has 1 aromatic carbocycles. The fourth-order valence-electron chi connectivity index (χ4n) is 1.02. The lowest BCUT2D eigenvalue weighted by Crippen LogP contribution is -2.25. The first-order valence-corrected chi connectivity index (χ1v) is 6.51. The fraction of sp³-hybridized carbons (Fsp3) is 0.400. The average Bonchev–Trinajstić information content (AvgIpc) is 2.26. The summed E-state index contributed by atoms with van der Waals surface area (Å²) < 4.78 is 63.2. The molecule has 0 unspecified atom stereocenters. The highest BCUT2D eigenvalue weighted by atomic mass is 32.2. The van der Waals surface area contributed by atoms with Gasteiger partial charge in [-0.05, 0) is 12.1 Å². The van der Waals surface area contributed by atoms with Gasteiger partial charge in [-0.2, -0.15) is 0 Å². The van der Waals surface area contributed by atoms with Crippen LogP contribution in [0.4, 0.5) is 13.2 Å². The quantitative estimate of drug-likeness (QED) is 0.857. The SMILES string of the molecule is CC.CCNS(=O)(=O)c1c(F)ccc(F)c1F. The van der Waals surface area contributed by atoms with E-state index in [1.807, 2.05) is 18.6 Å². The molecule has 0 radical (unpaired) electrons. The number of hydrogen-bond acceptors (Lipinski definition) is 2. The van der Waals surface area contributed by atoms with Crippen molar-refractivity contribution >= 4 is 10.0 Å². The second-order valence-electron chi connectivity index (χ2n) is 2.67. The third-order valence-corrected chi connectivity index (χ3v) is 3.19. The van der Waals surface area contributed by atoms with Gasteiger partial charge in [0.25, 0.3) is 0 Å². The maximum absolute atomic E-state index is 13.0. The summed E-state index contributed by atoms with van der Waals surface area (Å²) in [6, 6.07) is 1.08. The van der Waals surface area contributed by atoms with Gasteiger partial charge in [0.05, 0.1) is 0 Å². The van der Waals surface area contributed by atoms with Gasteiger partial charge < -0.3 is 0 Å². The van der Waals surface area contributed by atoms with Crippen molar-refractivity contribution in [1.82, 2.24) is 4.72 Å². The van der Waals surface area contributed by atoms with Crippen molar-refractivity contribution in [3.05, 3.63) is 29.6 Å². The van der Waals surface area contributed by atoms with E-state index in [0.29, 0.717) is 12.1 Å². The van der Waals surface area contributed by atoms with Crippen LogP contribution in [0.5, 0.6) is 0 Å². The number of halogens is 3. The molecule has 1 rings (SSSR count). The first kappa shape index (κ1) is 15.9. The standard InChI is InChI=1S/C8H8F3NO2S.C2H6/c1-2-12-15(13,14)8-6(10)4-3-5(9)7(8)11;1-2/h3-4,12H,2H2,1H3;1-2H3. The zero-order chi connectivity index (χ0) is 13.6. The Morgan fingerprint density at radius 1 is 1.12 bits per heavy atom. The van der Waals surface area contributed by atoms with Crippen LogP contribution in [0.1, 0.15) is 20.8 Å². The van der Waals surface area contributed by atoms with Crippen LogP contribution in [0, 0.1) is 17.5 Å². The van der Waals surface area contributed by atoms with Crippen LogP contribution in [0.2, 0.25) is 0 Å². The molecule has 0 fully saturated rings. The van der Waals surface area contributed by atoms with Gasteiger partial charge in [0.2, 0.25) is 10.0 Å². The Hall–Kier alpha value is -1.08. The molecule has 0 spiro atoms. The van der Waals surface area contributed by atoms with Crippen LogP contribution in [0.3, 0.4) is 0 Å². The number of rotatable bonds is 3. The van der Waals surface area contributed by atoms with Crippen LogP contribution in [0.25, 0.3) is 0 Å². The number of nitrogens with one attached hydrogen (secondary N) is 1. The summed E-state index contributed by atoms with van der Waals surface area (Å²) >= 11 is 0. The van der Waals surface area contributed by atoms with Gasteiger partial charge in [-0.15, -0.1) is 0 Å². The topological polar surface area (TPSA) is 46.2 Å². The van der Waals surface area contributed by atoms with Gasteiger partial charge in [0, 0.05) is 6.54 Å². The van der Waals surface area contributed by atoms with Gasteiger partial charge in [-0.25, -0.2) is 26.3 Å². The predicted octanol–water partition coefficient (Wildman–Crippen LogP) is 2.43. The Balaban J connectivity index is 0.00000121. The average molecular weight is 269 g/mol. The predicted molar refractivity (Wildman–Crippen MR) is 58.5 cm³/mol. The molecule has 17 heavy (non-hydrogen) atoms. The lowest BCUT2D eigenvalue weighted by Gasteiger charge is -2.06. The lowest BCUT2D eigenvalue weighted by molar-refractivity contribution is 0.457. The van der Waals surface area contributed by atoms with Crippen LogP contribution >= 0.6 is 0 Å². The van der Waals surface area contributed by atoms with Crippen molar-refractivity contribution in [3.63, 3.8) is 0 Å². The molecule has 0 aromatic heterocycles. The smallest absolute Gasteiger partial charge is 0.211 e. The maximum Gasteiger partial charge on any atom is 0.246 e. The van der Waals surface area contributed by atoms with Crippen molar-refractivity contribution in [2.45, 2.75) is 25.7 Å². The monoisotopic (exact) mass is 269 g/mol. The molecule has 7 heteroatoms. The van der Waals surface area contributed by atoms with Gasteiger partial charge in [-0.1, -0.05) is 20.8 Å². The Labute approximate surface area is 98.7 Å². The minimum Gasteiger partial charge on any atom is -0.211 e. The molecule has 0 aliphatic carbocycles. The normalized spacial score (nSPS) is 10.7. The lowest BCUT2D eigenvalue weighted by atomic mass is 10.3. The van der Waals surface area contributed by atoms with E-state index in [1.165, 1.54) is 6.92 Å². The third-order valence-electron chi connectivity index (χ3n) is 1.61. The summed E-state index contributed by atoms with van der Waals surface area (Å²) in [4.78, 5) is -1.29. The molecule has 0 aliphatic rings. The Kier molecular flexibility index (Phi) is 6.19. The van der Waals surface area contributed by atoms with E-state index in [1.54, 1.807) is 0 Å². The summed E-state index contributed by atoms with van der Waals surface area (Å²) in [7, 11) is -4.33. The van der Waals surface area contributed by atoms with Crippen LogP contribution in [-0.4, -0.2) is 15.0 Å². The van der Waals surface area contributed by atoms with Crippen molar-refractivity contribution in [3.8, 4) is 0 Å². The molecule has 98 valence electrons. The second kappa shape index (κ2) is 6.61. The second-order valence-corrected chi connectivity index (χ2v) is 4.38. The summed E-state index contributed by atoms with van der Waals surface area (Å²) in [6.45, 7) is 5.39. The molecule has 0 bridgehead atoms. The van der Waals surface area contributed by atoms with Gasteiger partial charge >= 0.3 is 0 Å². The molecule has 3 nitrogen and oxygen atoms in total. The van der Waals surface area contributed by atoms with Crippen LogP contribution in [0.15, 0.2) is 17.0 Å². The first-order valence-electron chi connectivity index (χ1n) is 5.03. The van der Waals surface area contributed by atoms with Gasteiger partial charge in [0.1, 0.15) is 5.82 Å². The van der Waals surface area contributed by atoms with E-state index in [-0.39, 0.29) is 6.54 Å². The summed E-state index contributed by atoms with van der Waals surface area (Å²) in [6.07, 6.45) is 0. The molecule has 0 aliphatic heterocycles. The summed E-state index contributed by atoms with van der Waals surface area (Å²) in [5, 5.41) is 0. The van der Waals surface area contributed by atoms with E-state index in [9.17, 15) is 21.6 Å². The van der Waals surface area contributed by atoms with E-state index in [4.69, 9.17) is 0 Å². The van der Waals surface area contributed by atoms with Crippen LogP contribution in [-0.2, 0) is 10.0 Å². The Bertz CT molecular complexity index is 475. The highest BCUT2D eigenvalue weighted by Crippen LogP contribution is 2.20. The maximum atomic E-state index is 13.0. The molecule has 0 saturated carbocycles. The van der Waals surface area contributed by atoms with E-state index < -0.39 is 32.4 Å². The zero-order valence-electron chi connectivity index (χ0n) is 9.72. The third kappa shape index (κ3) is 3.71. The van der Waals surface area contributed by atoms with Crippen molar-refractivity contribution in [2.24, 2.45) is 0 Å². The highest BCUT2D eigenvalue weighted by Gasteiger charge is 2.25. The van der Waals surface area contributed by atoms with E-state index in [0.717, 1.165) is 0 Å². The molecule has 0 saturated heterocycles. The van der Waals surface area contributed by atoms with Crippen molar-refractivity contribution in [1.29, 1.82) is 0 Å². The molecule has 1 N–H and O–H groups in total. The van der Waals surface area contributed by atoms with Crippen LogP contribution < -0.4 is 4.72 Å². The molecular formula is C10H14F3NO2S. The molecular weight excluding hydrogens is 255 g/mol. The minimum absolute atomic E-state index is 0.0439. The summed E-state index contributed by atoms with van der Waals surface area (Å²) in [5.41, 5.74) is 0. The Morgan fingerprint density at radius 2 is 1.59 bits per heavy atom. The molecule has 0 amide bonds. The van der Waals surface area contributed by atoms with Gasteiger partial charge in [-0.3, -0.25) is 0 Å². The number of hydrogen-bond donors (Lipinski definition) is 1. The largest absolute Gasteiger partial charge is 0.246 e. The molecule has 0 heterocycles. The van der Waals surface area contributed by atoms with Gasteiger partial charge in [0.15, 0.2) is 16.5 Å². The number of benzene rings is 1. The zero-order valence-corrected chi connectivity index (χ0v) is 10.5. The first-order chi connectivity index (χ1) is 7.90. The van der Waals surface area contributed by atoms with E-state index in [2.05, 4.69) is 0 Å². The van der Waals surface area contributed by atoms with E-state index >= 15 is 0 Å². The molecule has 0 atom stereocenters. The van der Waals surface area contributed by atoms with Crippen molar-refractivity contribution < 1.29 is 21.6 Å². The number of sulfonamides is 1. The highest BCUT2D eigenvalue weighted by molar-refractivity contribution is 7.89. The summed E-state index contributed by atoms with van der Waals surface area (Å²) in [5.74, 6) is -4.45. The van der Waals surface area contributed by atoms with Crippen molar-refractivity contribution in [2.75, 3.05) is 6.54 Å². The Morgan fingerprint density at radius 3 is 2.06 bits per heavy atom.